The maximum atomic E-state index is 15.6. The van der Waals surface area contributed by atoms with Gasteiger partial charge in [-0.15, -0.1) is 0 Å². The van der Waals surface area contributed by atoms with Crippen molar-refractivity contribution in [1.82, 2.24) is 15.5 Å². The van der Waals surface area contributed by atoms with Crippen LogP contribution in [0.15, 0.2) is 84.9 Å². The molecular formula is C33H35F2N3O5. The van der Waals surface area contributed by atoms with E-state index in [0.29, 0.717) is 12.0 Å². The van der Waals surface area contributed by atoms with Crippen molar-refractivity contribution >= 4 is 23.7 Å². The number of rotatable bonds is 11. The predicted molar refractivity (Wildman–Crippen MR) is 156 cm³/mol. The third-order valence-electron chi connectivity index (χ3n) is 7.35. The van der Waals surface area contributed by atoms with Gasteiger partial charge < -0.3 is 20.3 Å². The Labute approximate surface area is 249 Å². The Morgan fingerprint density at radius 1 is 0.837 bits per heavy atom. The second kappa shape index (κ2) is 14.0. The number of fused-ring (bicyclic) bond motifs is 1. The summed E-state index contributed by atoms with van der Waals surface area (Å²) in [6.45, 7) is 3.27. The summed E-state index contributed by atoms with van der Waals surface area (Å²) in [4.78, 5) is 53.3. The zero-order valence-corrected chi connectivity index (χ0v) is 24.1. The standard InChI is InChI=1S/C33H35F2N3O5/c1-22(2)28(37-32(42)43-21-24-13-7-4-8-14-24)30(40)36-27(19-23-11-5-3-6-12-23)29(39)33(34,35)31(41)38-18-17-25-15-9-10-16-26(25)20-38/h3-16,22,27-28H,17-21H2,1-2H3,(H,36,40)(H,37,42)/t27-,28-/m0/s1. The van der Waals surface area contributed by atoms with Crippen molar-refractivity contribution in [2.75, 3.05) is 6.54 Å². The Kier molecular flexibility index (Phi) is 10.2. The number of nitrogens with zero attached hydrogens (tertiary/aromatic N) is 1. The molecule has 3 amide bonds. The van der Waals surface area contributed by atoms with E-state index in [1.807, 2.05) is 18.2 Å². The molecule has 0 radical (unpaired) electrons. The largest absolute Gasteiger partial charge is 0.445 e. The Hall–Kier alpha value is -4.60. The van der Waals surface area contributed by atoms with Gasteiger partial charge in [0.2, 0.25) is 11.7 Å². The lowest BCUT2D eigenvalue weighted by atomic mass is 9.95. The lowest BCUT2D eigenvalue weighted by Crippen LogP contribution is -2.59. The van der Waals surface area contributed by atoms with Gasteiger partial charge in [0.05, 0.1) is 6.04 Å². The summed E-state index contributed by atoms with van der Waals surface area (Å²) in [5.74, 6) is -9.05. The minimum atomic E-state index is -4.39. The molecule has 0 fully saturated rings. The topological polar surface area (TPSA) is 105 Å². The molecule has 1 aliphatic heterocycles. The fourth-order valence-corrected chi connectivity index (χ4v) is 4.94. The second-order valence-electron chi connectivity index (χ2n) is 10.9. The SMILES string of the molecule is CC(C)[C@H](NC(=O)OCc1ccccc1)C(=O)N[C@@H](Cc1ccccc1)C(=O)C(F)(F)C(=O)N1CCc2ccccc2C1. The molecule has 4 rings (SSSR count). The number of ketones is 1. The van der Waals surface area contributed by atoms with Crippen molar-refractivity contribution in [3.05, 3.63) is 107 Å². The third-order valence-corrected chi connectivity index (χ3v) is 7.35. The van der Waals surface area contributed by atoms with Crippen LogP contribution in [0.25, 0.3) is 0 Å². The number of nitrogens with one attached hydrogen (secondary N) is 2. The molecule has 1 aliphatic rings. The van der Waals surface area contributed by atoms with Crippen LogP contribution in [0.4, 0.5) is 13.6 Å². The van der Waals surface area contributed by atoms with Crippen LogP contribution in [-0.2, 0) is 45.1 Å². The molecular weight excluding hydrogens is 556 g/mol. The maximum Gasteiger partial charge on any atom is 0.408 e. The van der Waals surface area contributed by atoms with E-state index < -0.39 is 47.6 Å². The van der Waals surface area contributed by atoms with Gasteiger partial charge in [-0.25, -0.2) is 4.79 Å². The lowest BCUT2D eigenvalue weighted by Gasteiger charge is -2.32. The minimum absolute atomic E-state index is 0.0382. The molecule has 0 spiro atoms. The molecule has 8 nitrogen and oxygen atoms in total. The number of alkyl halides is 2. The van der Waals surface area contributed by atoms with Crippen molar-refractivity contribution in [1.29, 1.82) is 0 Å². The predicted octanol–water partition coefficient (Wildman–Crippen LogP) is 4.45. The first kappa shape index (κ1) is 31.3. The van der Waals surface area contributed by atoms with E-state index in [9.17, 15) is 19.2 Å². The van der Waals surface area contributed by atoms with E-state index >= 15 is 8.78 Å². The van der Waals surface area contributed by atoms with Crippen LogP contribution in [0.1, 0.15) is 36.1 Å². The quantitative estimate of drug-likeness (QED) is 0.321. The zero-order valence-electron chi connectivity index (χ0n) is 24.1. The van der Waals surface area contributed by atoms with Crippen molar-refractivity contribution < 1.29 is 32.7 Å². The summed E-state index contributed by atoms with van der Waals surface area (Å²) in [5.41, 5.74) is 2.95. The molecule has 0 bridgehead atoms. The fraction of sp³-hybridized carbons (Fsp3) is 0.333. The number of hydrogen-bond donors (Lipinski definition) is 2. The van der Waals surface area contributed by atoms with Crippen LogP contribution in [0.3, 0.4) is 0 Å². The van der Waals surface area contributed by atoms with Gasteiger partial charge >= 0.3 is 17.9 Å². The van der Waals surface area contributed by atoms with Crippen LogP contribution in [-0.4, -0.2) is 53.1 Å². The van der Waals surface area contributed by atoms with E-state index in [4.69, 9.17) is 4.74 Å². The number of benzene rings is 3. The summed E-state index contributed by atoms with van der Waals surface area (Å²) in [6, 6.07) is 21.6. The van der Waals surface area contributed by atoms with Gasteiger partial charge in [0.25, 0.3) is 0 Å². The molecule has 0 aromatic heterocycles. The summed E-state index contributed by atoms with van der Waals surface area (Å²) in [5, 5.41) is 4.87. The van der Waals surface area contributed by atoms with Gasteiger partial charge in [-0.1, -0.05) is 98.8 Å². The molecule has 43 heavy (non-hydrogen) atoms. The molecule has 226 valence electrons. The minimum Gasteiger partial charge on any atom is -0.445 e. The average molecular weight is 592 g/mol. The van der Waals surface area contributed by atoms with E-state index in [1.54, 1.807) is 80.6 Å². The molecule has 0 unspecified atom stereocenters. The highest BCUT2D eigenvalue weighted by Crippen LogP contribution is 2.26. The van der Waals surface area contributed by atoms with Gasteiger partial charge in [-0.2, -0.15) is 8.78 Å². The van der Waals surface area contributed by atoms with E-state index in [-0.39, 0.29) is 26.1 Å². The smallest absolute Gasteiger partial charge is 0.408 e. The van der Waals surface area contributed by atoms with Crippen molar-refractivity contribution in [3.63, 3.8) is 0 Å². The van der Waals surface area contributed by atoms with Crippen LogP contribution >= 0.6 is 0 Å². The normalized spacial score (nSPS) is 14.3. The Bertz CT molecular complexity index is 1430. The van der Waals surface area contributed by atoms with Crippen LogP contribution < -0.4 is 10.6 Å². The monoisotopic (exact) mass is 591 g/mol. The van der Waals surface area contributed by atoms with E-state index in [1.165, 1.54) is 0 Å². The lowest BCUT2D eigenvalue weighted by molar-refractivity contribution is -0.168. The first-order valence-electron chi connectivity index (χ1n) is 14.2. The first-order valence-corrected chi connectivity index (χ1v) is 14.2. The molecule has 2 N–H and O–H groups in total. The number of alkyl carbamates (subject to hydrolysis) is 1. The number of halogens is 2. The highest BCUT2D eigenvalue weighted by atomic mass is 19.3. The summed E-state index contributed by atoms with van der Waals surface area (Å²) in [6.07, 6.45) is -0.770. The van der Waals surface area contributed by atoms with Gasteiger partial charge in [0, 0.05) is 19.5 Å². The van der Waals surface area contributed by atoms with Gasteiger partial charge in [-0.05, 0) is 34.6 Å². The Morgan fingerprint density at radius 2 is 1.42 bits per heavy atom. The molecule has 2 atom stereocenters. The average Bonchev–Trinajstić information content (AvgIpc) is 3.02. The number of hydrogen-bond acceptors (Lipinski definition) is 5. The molecule has 0 aliphatic carbocycles. The van der Waals surface area contributed by atoms with Crippen LogP contribution in [0, 0.1) is 5.92 Å². The van der Waals surface area contributed by atoms with Crippen LogP contribution in [0.2, 0.25) is 0 Å². The van der Waals surface area contributed by atoms with Crippen molar-refractivity contribution in [2.24, 2.45) is 5.92 Å². The Morgan fingerprint density at radius 3 is 2.05 bits per heavy atom. The van der Waals surface area contributed by atoms with Gasteiger partial charge in [0.15, 0.2) is 0 Å². The molecule has 3 aromatic carbocycles. The molecule has 0 saturated carbocycles. The summed E-state index contributed by atoms with van der Waals surface area (Å²) >= 11 is 0. The summed E-state index contributed by atoms with van der Waals surface area (Å²) < 4.78 is 36.5. The molecule has 10 heteroatoms. The molecule has 3 aromatic rings. The number of carbonyl (C=O) groups excluding carboxylic acids is 4. The zero-order chi connectivity index (χ0) is 31.0. The van der Waals surface area contributed by atoms with Gasteiger partial charge in [0.1, 0.15) is 12.6 Å². The van der Waals surface area contributed by atoms with Crippen molar-refractivity contribution in [2.45, 2.75) is 57.8 Å². The Balaban J connectivity index is 1.49. The number of amides is 3. The summed E-state index contributed by atoms with van der Waals surface area (Å²) in [7, 11) is 0. The maximum absolute atomic E-state index is 15.6. The highest BCUT2D eigenvalue weighted by molar-refractivity contribution is 6.10. The second-order valence-corrected chi connectivity index (χ2v) is 10.9. The third kappa shape index (κ3) is 8.03. The number of Topliss-reactive ketones (excluding diaryl/α,β-unsaturated/α-hetero) is 1. The molecule has 0 saturated heterocycles. The van der Waals surface area contributed by atoms with Crippen molar-refractivity contribution in [3.8, 4) is 0 Å². The highest BCUT2D eigenvalue weighted by Gasteiger charge is 2.53. The molecule has 1 heterocycles. The fourth-order valence-electron chi connectivity index (χ4n) is 4.94. The van der Waals surface area contributed by atoms with Gasteiger partial charge in [-0.3, -0.25) is 14.4 Å². The van der Waals surface area contributed by atoms with E-state index in [2.05, 4.69) is 10.6 Å². The number of ether oxygens (including phenoxy) is 1. The first-order chi connectivity index (χ1) is 20.6. The number of carbonyl (C=O) groups is 4. The van der Waals surface area contributed by atoms with Crippen LogP contribution in [0.5, 0.6) is 0 Å². The van der Waals surface area contributed by atoms with E-state index in [0.717, 1.165) is 21.6 Å².